The van der Waals surface area contributed by atoms with E-state index in [1.165, 1.54) is 30.4 Å². The number of aryl methyl sites for hydroxylation is 2. The summed E-state index contributed by atoms with van der Waals surface area (Å²) in [5.41, 5.74) is 21.5. The minimum atomic E-state index is 0.790. The summed E-state index contributed by atoms with van der Waals surface area (Å²) >= 11 is 0. The van der Waals surface area contributed by atoms with Crippen molar-refractivity contribution in [3.8, 4) is 0 Å². The molecule has 0 aliphatic carbocycles. The molecule has 1 aromatic rings. The van der Waals surface area contributed by atoms with E-state index in [4.69, 9.17) is 17.2 Å². The summed E-state index contributed by atoms with van der Waals surface area (Å²) in [5, 5.41) is 0. The van der Waals surface area contributed by atoms with Crippen LogP contribution in [-0.2, 0) is 19.3 Å². The van der Waals surface area contributed by atoms with Crippen LogP contribution in [0.3, 0.4) is 0 Å². The van der Waals surface area contributed by atoms with Crippen molar-refractivity contribution in [2.75, 3.05) is 19.6 Å². The summed E-state index contributed by atoms with van der Waals surface area (Å²) in [5.74, 6) is 0. The van der Waals surface area contributed by atoms with Gasteiger partial charge in [0.05, 0.1) is 0 Å². The fourth-order valence-corrected chi connectivity index (χ4v) is 2.84. The number of benzene rings is 1. The number of nitrogens with two attached hydrogens (primary N) is 3. The van der Waals surface area contributed by atoms with Gasteiger partial charge in [-0.3, -0.25) is 0 Å². The van der Waals surface area contributed by atoms with E-state index in [0.717, 1.165) is 58.2 Å². The van der Waals surface area contributed by atoms with Crippen molar-refractivity contribution >= 4 is 0 Å². The Hall–Kier alpha value is -0.900. The third-order valence-corrected chi connectivity index (χ3v) is 4.05. The molecule has 3 nitrogen and oxygen atoms in total. The molecule has 0 aliphatic rings. The van der Waals surface area contributed by atoms with Gasteiger partial charge in [-0.25, -0.2) is 0 Å². The molecule has 3 heteroatoms. The standard InChI is InChI=1S/C18H33N3/c19-13-4-1-8-16-10-7-11-17(9-2-5-14-20)18(16)12-3-6-15-21/h7,10-11H,1-6,8-9,12-15,19-21H2. The lowest BCUT2D eigenvalue weighted by atomic mass is 9.91. The summed E-state index contributed by atoms with van der Waals surface area (Å²) in [6, 6.07) is 6.80. The topological polar surface area (TPSA) is 78.1 Å². The van der Waals surface area contributed by atoms with Crippen molar-refractivity contribution in [3.63, 3.8) is 0 Å². The van der Waals surface area contributed by atoms with E-state index in [1.807, 2.05) is 0 Å². The van der Waals surface area contributed by atoms with Crippen LogP contribution < -0.4 is 17.2 Å². The molecule has 0 fully saturated rings. The first kappa shape index (κ1) is 18.1. The first-order chi connectivity index (χ1) is 10.3. The molecule has 1 rings (SSSR count). The van der Waals surface area contributed by atoms with Crippen molar-refractivity contribution in [3.05, 3.63) is 34.9 Å². The van der Waals surface area contributed by atoms with Gasteiger partial charge in [0.25, 0.3) is 0 Å². The molecule has 6 N–H and O–H groups in total. The minimum absolute atomic E-state index is 0.790. The number of rotatable bonds is 12. The zero-order chi connectivity index (χ0) is 15.3. The Balaban J connectivity index is 2.75. The van der Waals surface area contributed by atoms with Gasteiger partial charge in [0.2, 0.25) is 0 Å². The molecule has 0 aromatic heterocycles. The first-order valence-electron chi connectivity index (χ1n) is 8.53. The van der Waals surface area contributed by atoms with Crippen LogP contribution in [0.1, 0.15) is 55.2 Å². The van der Waals surface area contributed by atoms with Crippen LogP contribution in [0.4, 0.5) is 0 Å². The van der Waals surface area contributed by atoms with Crippen molar-refractivity contribution in [1.29, 1.82) is 0 Å². The van der Waals surface area contributed by atoms with Crippen LogP contribution in [0.25, 0.3) is 0 Å². The van der Waals surface area contributed by atoms with Crippen LogP contribution >= 0.6 is 0 Å². The average Bonchev–Trinajstić information content (AvgIpc) is 2.50. The van der Waals surface area contributed by atoms with Crippen molar-refractivity contribution < 1.29 is 0 Å². The molecule has 0 saturated carbocycles. The molecular formula is C18H33N3. The second-order valence-corrected chi connectivity index (χ2v) is 5.79. The summed E-state index contributed by atoms with van der Waals surface area (Å²) in [6.45, 7) is 2.37. The Labute approximate surface area is 130 Å². The van der Waals surface area contributed by atoms with E-state index in [9.17, 15) is 0 Å². The van der Waals surface area contributed by atoms with Crippen molar-refractivity contribution in [2.24, 2.45) is 17.2 Å². The zero-order valence-electron chi connectivity index (χ0n) is 13.4. The molecule has 0 spiro atoms. The van der Waals surface area contributed by atoms with Crippen molar-refractivity contribution in [2.45, 2.75) is 57.8 Å². The van der Waals surface area contributed by atoms with E-state index >= 15 is 0 Å². The van der Waals surface area contributed by atoms with Gasteiger partial charge in [0, 0.05) is 0 Å². The Morgan fingerprint density at radius 3 is 1.43 bits per heavy atom. The van der Waals surface area contributed by atoms with Crippen LogP contribution in [0, 0.1) is 0 Å². The van der Waals surface area contributed by atoms with Gasteiger partial charge in [0.1, 0.15) is 0 Å². The Morgan fingerprint density at radius 2 is 1.00 bits per heavy atom. The summed E-state index contributed by atoms with van der Waals surface area (Å²) in [4.78, 5) is 0. The van der Waals surface area contributed by atoms with Gasteiger partial charge in [0.15, 0.2) is 0 Å². The molecule has 1 aromatic carbocycles. The maximum atomic E-state index is 5.64. The van der Waals surface area contributed by atoms with E-state index < -0.39 is 0 Å². The second-order valence-electron chi connectivity index (χ2n) is 5.79. The first-order valence-corrected chi connectivity index (χ1v) is 8.53. The number of hydrogen-bond donors (Lipinski definition) is 3. The van der Waals surface area contributed by atoms with Gasteiger partial charge in [-0.2, -0.15) is 0 Å². The van der Waals surface area contributed by atoms with Gasteiger partial charge in [-0.1, -0.05) is 18.2 Å². The van der Waals surface area contributed by atoms with Gasteiger partial charge < -0.3 is 17.2 Å². The summed E-state index contributed by atoms with van der Waals surface area (Å²) in [6.07, 6.45) is 10.4. The molecule has 0 heterocycles. The SMILES string of the molecule is NCCCCc1cccc(CCCCN)c1CCCCN. The van der Waals surface area contributed by atoms with Crippen LogP contribution in [0.15, 0.2) is 18.2 Å². The molecule has 0 bridgehead atoms. The molecule has 0 aliphatic heterocycles. The normalized spacial score (nSPS) is 11.0. The van der Waals surface area contributed by atoms with E-state index in [-0.39, 0.29) is 0 Å². The molecule has 120 valence electrons. The highest BCUT2D eigenvalue weighted by molar-refractivity contribution is 5.36. The largest absolute Gasteiger partial charge is 0.330 e. The average molecular weight is 291 g/mol. The second kappa shape index (κ2) is 11.7. The van der Waals surface area contributed by atoms with Crippen LogP contribution in [-0.4, -0.2) is 19.6 Å². The smallest absolute Gasteiger partial charge is 0.00772 e. The monoisotopic (exact) mass is 291 g/mol. The summed E-state index contributed by atoms with van der Waals surface area (Å²) < 4.78 is 0. The van der Waals surface area contributed by atoms with E-state index in [0.29, 0.717) is 0 Å². The lowest BCUT2D eigenvalue weighted by molar-refractivity contribution is 0.699. The third kappa shape index (κ3) is 7.07. The lowest BCUT2D eigenvalue weighted by Gasteiger charge is -2.15. The summed E-state index contributed by atoms with van der Waals surface area (Å²) in [7, 11) is 0. The Kier molecular flexibility index (Phi) is 10.1. The fraction of sp³-hybridized carbons (Fsp3) is 0.667. The fourth-order valence-electron chi connectivity index (χ4n) is 2.84. The number of hydrogen-bond acceptors (Lipinski definition) is 3. The van der Waals surface area contributed by atoms with E-state index in [2.05, 4.69) is 18.2 Å². The van der Waals surface area contributed by atoms with Gasteiger partial charge in [-0.05, 0) is 94.1 Å². The Bertz CT molecular complexity index is 348. The maximum Gasteiger partial charge on any atom is -0.00772 e. The van der Waals surface area contributed by atoms with Crippen LogP contribution in [0.2, 0.25) is 0 Å². The molecule has 0 unspecified atom stereocenters. The predicted molar refractivity (Wildman–Crippen MR) is 92.4 cm³/mol. The number of unbranched alkanes of at least 4 members (excludes halogenated alkanes) is 3. The van der Waals surface area contributed by atoms with Gasteiger partial charge in [-0.15, -0.1) is 0 Å². The van der Waals surface area contributed by atoms with Crippen molar-refractivity contribution in [1.82, 2.24) is 0 Å². The van der Waals surface area contributed by atoms with Gasteiger partial charge >= 0.3 is 0 Å². The highest BCUT2D eigenvalue weighted by Gasteiger charge is 2.08. The third-order valence-electron chi connectivity index (χ3n) is 4.05. The molecule has 0 radical (unpaired) electrons. The van der Waals surface area contributed by atoms with E-state index in [1.54, 1.807) is 5.56 Å². The zero-order valence-corrected chi connectivity index (χ0v) is 13.4. The minimum Gasteiger partial charge on any atom is -0.330 e. The molecule has 0 saturated heterocycles. The van der Waals surface area contributed by atoms with Crippen LogP contribution in [0.5, 0.6) is 0 Å². The highest BCUT2D eigenvalue weighted by atomic mass is 14.5. The lowest BCUT2D eigenvalue weighted by Crippen LogP contribution is -2.06. The molecule has 0 atom stereocenters. The Morgan fingerprint density at radius 1 is 0.571 bits per heavy atom. The predicted octanol–water partition coefficient (Wildman–Crippen LogP) is 2.53. The quantitative estimate of drug-likeness (QED) is 0.518. The molecular weight excluding hydrogens is 258 g/mol. The molecule has 21 heavy (non-hydrogen) atoms. The molecule has 0 amide bonds. The maximum absolute atomic E-state index is 5.64. The highest BCUT2D eigenvalue weighted by Crippen LogP contribution is 2.21.